The number of rotatable bonds is 5. The number of benzene rings is 1. The Bertz CT molecular complexity index is 723. The number of hydrogen-bond acceptors (Lipinski definition) is 1. The van der Waals surface area contributed by atoms with Crippen molar-refractivity contribution in [3.8, 4) is 0 Å². The third kappa shape index (κ3) is 4.75. The van der Waals surface area contributed by atoms with E-state index in [9.17, 15) is 0 Å². The van der Waals surface area contributed by atoms with Crippen LogP contribution in [0.2, 0.25) is 0 Å². The monoisotopic (exact) mass is 335 g/mol. The number of allylic oxidation sites excluding steroid dienone is 4. The van der Waals surface area contributed by atoms with Crippen LogP contribution >= 0.6 is 0 Å². The topological polar surface area (TPSA) is 12.0 Å². The molecule has 1 heteroatoms. The standard InChI is InChI=1S/C24H33N/c1-8-11-20-22(24(5,6)7)14-10-15-23(20)25-19(4)21-16-17(2)12-9-13-18(21)3/h10,12,14-16,25H,3-4,8-9,11,13H2,1-2,5-7H3. The predicted molar refractivity (Wildman–Crippen MR) is 112 cm³/mol. The Kier molecular flexibility index (Phi) is 6.11. The van der Waals surface area contributed by atoms with Gasteiger partial charge in [-0.3, -0.25) is 0 Å². The maximum atomic E-state index is 4.33. The van der Waals surface area contributed by atoms with Crippen molar-refractivity contribution in [3.63, 3.8) is 0 Å². The van der Waals surface area contributed by atoms with Crippen molar-refractivity contribution >= 4 is 5.69 Å². The van der Waals surface area contributed by atoms with E-state index in [0.29, 0.717) is 0 Å². The third-order valence-electron chi connectivity index (χ3n) is 4.76. The van der Waals surface area contributed by atoms with Crippen LogP contribution in [-0.4, -0.2) is 0 Å². The van der Waals surface area contributed by atoms with Crippen molar-refractivity contribution in [2.24, 2.45) is 0 Å². The summed E-state index contributed by atoms with van der Waals surface area (Å²) < 4.78 is 0. The lowest BCUT2D eigenvalue weighted by Crippen LogP contribution is -2.16. The second kappa shape index (κ2) is 7.91. The smallest absolute Gasteiger partial charge is 0.0419 e. The van der Waals surface area contributed by atoms with E-state index < -0.39 is 0 Å². The summed E-state index contributed by atoms with van der Waals surface area (Å²) in [4.78, 5) is 0. The second-order valence-corrected chi connectivity index (χ2v) is 8.08. The first kappa shape index (κ1) is 19.3. The van der Waals surface area contributed by atoms with Gasteiger partial charge in [-0.15, -0.1) is 0 Å². The molecule has 0 amide bonds. The molecule has 1 aliphatic rings. The van der Waals surface area contributed by atoms with E-state index in [1.807, 2.05) is 0 Å². The van der Waals surface area contributed by atoms with E-state index in [1.54, 1.807) is 0 Å². The van der Waals surface area contributed by atoms with E-state index >= 15 is 0 Å². The molecule has 0 radical (unpaired) electrons. The molecule has 1 N–H and O–H groups in total. The number of nitrogens with one attached hydrogen (secondary N) is 1. The van der Waals surface area contributed by atoms with Gasteiger partial charge >= 0.3 is 0 Å². The van der Waals surface area contributed by atoms with Gasteiger partial charge in [0.2, 0.25) is 0 Å². The summed E-state index contributed by atoms with van der Waals surface area (Å²) in [7, 11) is 0. The predicted octanol–water partition coefficient (Wildman–Crippen LogP) is 7.08. The third-order valence-corrected chi connectivity index (χ3v) is 4.76. The highest BCUT2D eigenvalue weighted by Crippen LogP contribution is 2.34. The Morgan fingerprint density at radius 3 is 2.60 bits per heavy atom. The maximum Gasteiger partial charge on any atom is 0.0419 e. The minimum absolute atomic E-state index is 0.133. The summed E-state index contributed by atoms with van der Waals surface area (Å²) in [6, 6.07) is 6.58. The molecule has 0 heterocycles. The fraction of sp³-hybridized carbons (Fsp3) is 0.417. The Balaban J connectivity index is 2.38. The molecular formula is C24H33N. The Morgan fingerprint density at radius 1 is 1.24 bits per heavy atom. The molecule has 25 heavy (non-hydrogen) atoms. The lowest BCUT2D eigenvalue weighted by Gasteiger charge is -2.26. The van der Waals surface area contributed by atoms with Gasteiger partial charge in [0.05, 0.1) is 0 Å². The van der Waals surface area contributed by atoms with Gasteiger partial charge in [0, 0.05) is 17.0 Å². The van der Waals surface area contributed by atoms with Crippen LogP contribution in [0.1, 0.15) is 65.0 Å². The second-order valence-electron chi connectivity index (χ2n) is 8.08. The van der Waals surface area contributed by atoms with Crippen molar-refractivity contribution in [3.05, 3.63) is 77.1 Å². The van der Waals surface area contributed by atoms with Gasteiger partial charge in [-0.1, -0.05) is 77.1 Å². The van der Waals surface area contributed by atoms with Crippen LogP contribution in [0.3, 0.4) is 0 Å². The first-order valence-electron chi connectivity index (χ1n) is 9.39. The fourth-order valence-corrected chi connectivity index (χ4v) is 3.45. The lowest BCUT2D eigenvalue weighted by atomic mass is 9.82. The van der Waals surface area contributed by atoms with Crippen LogP contribution in [0.4, 0.5) is 5.69 Å². The average molecular weight is 336 g/mol. The normalized spacial score (nSPS) is 15.3. The molecule has 0 fully saturated rings. The Hall–Kier alpha value is -2.02. The van der Waals surface area contributed by atoms with E-state index in [0.717, 1.165) is 42.5 Å². The van der Waals surface area contributed by atoms with Crippen molar-refractivity contribution in [2.45, 2.75) is 65.7 Å². The van der Waals surface area contributed by atoms with E-state index in [4.69, 9.17) is 0 Å². The van der Waals surface area contributed by atoms with Crippen LogP contribution in [0.25, 0.3) is 0 Å². The quantitative estimate of drug-likeness (QED) is 0.606. The van der Waals surface area contributed by atoms with Gasteiger partial charge in [0.1, 0.15) is 0 Å². The first-order valence-corrected chi connectivity index (χ1v) is 9.39. The molecule has 0 atom stereocenters. The van der Waals surface area contributed by atoms with Crippen LogP contribution in [0.5, 0.6) is 0 Å². The molecule has 0 spiro atoms. The molecule has 134 valence electrons. The average Bonchev–Trinajstić information content (AvgIpc) is 2.69. The Labute approximate surface area is 154 Å². The van der Waals surface area contributed by atoms with Gasteiger partial charge in [0.15, 0.2) is 0 Å². The molecule has 0 saturated carbocycles. The zero-order valence-electron chi connectivity index (χ0n) is 16.6. The largest absolute Gasteiger partial charge is 0.355 e. The van der Waals surface area contributed by atoms with Gasteiger partial charge in [0.25, 0.3) is 0 Å². The Morgan fingerprint density at radius 2 is 1.96 bits per heavy atom. The van der Waals surface area contributed by atoms with Crippen molar-refractivity contribution < 1.29 is 0 Å². The van der Waals surface area contributed by atoms with E-state index in [-0.39, 0.29) is 5.41 Å². The van der Waals surface area contributed by atoms with E-state index in [2.05, 4.69) is 83.4 Å². The van der Waals surface area contributed by atoms with Gasteiger partial charge in [-0.25, -0.2) is 0 Å². The van der Waals surface area contributed by atoms with Crippen molar-refractivity contribution in [1.82, 2.24) is 0 Å². The van der Waals surface area contributed by atoms with Crippen LogP contribution < -0.4 is 5.32 Å². The van der Waals surface area contributed by atoms with Gasteiger partial charge in [-0.05, 0) is 54.4 Å². The lowest BCUT2D eigenvalue weighted by molar-refractivity contribution is 0.582. The number of anilines is 1. The minimum Gasteiger partial charge on any atom is -0.355 e. The van der Waals surface area contributed by atoms with E-state index in [1.165, 1.54) is 22.4 Å². The summed E-state index contributed by atoms with van der Waals surface area (Å²) in [6.45, 7) is 19.8. The van der Waals surface area contributed by atoms with Crippen molar-refractivity contribution in [2.75, 3.05) is 5.32 Å². The molecule has 1 aromatic rings. The summed E-state index contributed by atoms with van der Waals surface area (Å²) in [5.74, 6) is 0. The SMILES string of the molecule is C=C1CCC=C(C)C=C1C(=C)Nc1cccc(C(C)(C)C)c1CCC. The van der Waals surface area contributed by atoms with Crippen LogP contribution in [0, 0.1) is 0 Å². The molecule has 0 saturated heterocycles. The molecule has 0 bridgehead atoms. The number of hydrogen-bond donors (Lipinski definition) is 1. The zero-order valence-corrected chi connectivity index (χ0v) is 16.6. The maximum absolute atomic E-state index is 4.33. The van der Waals surface area contributed by atoms with Gasteiger partial charge in [-0.2, -0.15) is 0 Å². The summed E-state index contributed by atoms with van der Waals surface area (Å²) in [5.41, 5.74) is 8.68. The molecular weight excluding hydrogens is 302 g/mol. The summed E-state index contributed by atoms with van der Waals surface area (Å²) in [6.07, 6.45) is 8.73. The molecule has 0 aromatic heterocycles. The molecule has 0 aliphatic heterocycles. The molecule has 0 unspecified atom stereocenters. The zero-order chi connectivity index (χ0) is 18.6. The fourth-order valence-electron chi connectivity index (χ4n) is 3.45. The van der Waals surface area contributed by atoms with Crippen LogP contribution in [0.15, 0.2) is 65.9 Å². The van der Waals surface area contributed by atoms with Gasteiger partial charge < -0.3 is 5.32 Å². The van der Waals surface area contributed by atoms with Crippen LogP contribution in [-0.2, 0) is 11.8 Å². The molecule has 1 aliphatic carbocycles. The summed E-state index contributed by atoms with van der Waals surface area (Å²) >= 11 is 0. The molecule has 1 nitrogen and oxygen atoms in total. The highest BCUT2D eigenvalue weighted by Gasteiger charge is 2.20. The molecule has 2 rings (SSSR count). The van der Waals surface area contributed by atoms with Crippen molar-refractivity contribution in [1.29, 1.82) is 0 Å². The highest BCUT2D eigenvalue weighted by molar-refractivity contribution is 5.64. The first-order chi connectivity index (χ1) is 11.7. The highest BCUT2D eigenvalue weighted by atomic mass is 14.9. The molecule has 1 aromatic carbocycles. The summed E-state index contributed by atoms with van der Waals surface area (Å²) in [5, 5.41) is 3.61. The minimum atomic E-state index is 0.133.